The van der Waals surface area contributed by atoms with Gasteiger partial charge in [0.25, 0.3) is 5.91 Å². The average molecular weight is 375 g/mol. The van der Waals surface area contributed by atoms with E-state index in [0.29, 0.717) is 0 Å². The van der Waals surface area contributed by atoms with Crippen molar-refractivity contribution in [2.24, 2.45) is 0 Å². The zero-order chi connectivity index (χ0) is 18.5. The Bertz CT molecular complexity index is 930. The van der Waals surface area contributed by atoms with E-state index in [2.05, 4.69) is 15.4 Å². The molecule has 7 nitrogen and oxygen atoms in total. The predicted molar refractivity (Wildman–Crippen MR) is 91.7 cm³/mol. The van der Waals surface area contributed by atoms with E-state index in [9.17, 15) is 14.0 Å². The summed E-state index contributed by atoms with van der Waals surface area (Å²) in [5.74, 6) is -2.03. The smallest absolute Gasteiger partial charge is 0.338 e. The van der Waals surface area contributed by atoms with E-state index in [1.807, 2.05) is 0 Å². The average Bonchev–Trinajstić information content (AvgIpc) is 3.17. The molecule has 0 fully saturated rings. The van der Waals surface area contributed by atoms with Crippen molar-refractivity contribution in [1.82, 2.24) is 14.8 Å². The molecule has 1 N–H and O–H groups in total. The summed E-state index contributed by atoms with van der Waals surface area (Å²) in [5, 5.41) is 6.48. The van der Waals surface area contributed by atoms with Crippen LogP contribution in [0, 0.1) is 5.82 Å². The molecule has 0 aliphatic heterocycles. The van der Waals surface area contributed by atoms with Crippen molar-refractivity contribution in [2.45, 2.75) is 0 Å². The molecule has 0 atom stereocenters. The summed E-state index contributed by atoms with van der Waals surface area (Å²) in [6.07, 6.45) is 2.91. The Balaban J connectivity index is 1.55. The van der Waals surface area contributed by atoms with Crippen LogP contribution in [-0.2, 0) is 9.53 Å². The van der Waals surface area contributed by atoms with E-state index in [1.54, 1.807) is 12.1 Å². The zero-order valence-electron chi connectivity index (χ0n) is 13.2. The van der Waals surface area contributed by atoms with Gasteiger partial charge in [-0.05, 0) is 42.5 Å². The molecule has 0 radical (unpaired) electrons. The van der Waals surface area contributed by atoms with Gasteiger partial charge in [0.1, 0.15) is 18.5 Å². The van der Waals surface area contributed by atoms with Crippen LogP contribution in [0.5, 0.6) is 0 Å². The Kier molecular flexibility index (Phi) is 5.23. The monoisotopic (exact) mass is 374 g/mol. The molecular weight excluding hydrogens is 363 g/mol. The molecule has 0 bridgehead atoms. The van der Waals surface area contributed by atoms with Crippen LogP contribution < -0.4 is 5.32 Å². The van der Waals surface area contributed by atoms with Gasteiger partial charge in [-0.2, -0.15) is 5.10 Å². The predicted octanol–water partition coefficient (Wildman–Crippen LogP) is 2.86. The summed E-state index contributed by atoms with van der Waals surface area (Å²) in [7, 11) is 0. The number of nitrogens with one attached hydrogen (secondary N) is 1. The lowest BCUT2D eigenvalue weighted by molar-refractivity contribution is -0.119. The van der Waals surface area contributed by atoms with Gasteiger partial charge in [0.05, 0.1) is 16.9 Å². The van der Waals surface area contributed by atoms with Crippen LogP contribution >= 0.6 is 11.6 Å². The molecule has 0 spiro atoms. The van der Waals surface area contributed by atoms with Crippen molar-refractivity contribution < 1.29 is 18.7 Å². The van der Waals surface area contributed by atoms with Gasteiger partial charge >= 0.3 is 5.97 Å². The molecular formula is C17H12ClFN4O3. The fraction of sp³-hybridized carbons (Fsp3) is 0.0588. The van der Waals surface area contributed by atoms with E-state index < -0.39 is 24.3 Å². The summed E-state index contributed by atoms with van der Waals surface area (Å²) >= 11 is 5.64. The minimum atomic E-state index is -0.680. The van der Waals surface area contributed by atoms with Crippen molar-refractivity contribution in [2.75, 3.05) is 11.9 Å². The molecule has 9 heteroatoms. The van der Waals surface area contributed by atoms with E-state index in [-0.39, 0.29) is 16.3 Å². The van der Waals surface area contributed by atoms with Gasteiger partial charge in [0.2, 0.25) is 0 Å². The standard InChI is InChI=1S/C17H12ClFN4O3/c18-12-3-6-15(14(19)7-12)22-16(24)8-26-17(25)11-1-4-13(5-2-11)23-10-20-9-21-23/h1-7,9-10H,8H2,(H,22,24). The van der Waals surface area contributed by atoms with Gasteiger partial charge in [0.15, 0.2) is 6.61 Å². The highest BCUT2D eigenvalue weighted by Crippen LogP contribution is 2.18. The first-order valence-electron chi connectivity index (χ1n) is 7.40. The number of rotatable bonds is 5. The molecule has 0 saturated heterocycles. The minimum Gasteiger partial charge on any atom is -0.452 e. The number of benzene rings is 2. The third-order valence-electron chi connectivity index (χ3n) is 3.33. The number of ether oxygens (including phenoxy) is 1. The number of halogens is 2. The van der Waals surface area contributed by atoms with Crippen molar-refractivity contribution in [3.8, 4) is 5.69 Å². The van der Waals surface area contributed by atoms with Crippen molar-refractivity contribution in [1.29, 1.82) is 0 Å². The molecule has 1 amide bonds. The fourth-order valence-corrected chi connectivity index (χ4v) is 2.24. The van der Waals surface area contributed by atoms with Gasteiger partial charge in [0, 0.05) is 5.02 Å². The second-order valence-electron chi connectivity index (χ2n) is 5.14. The fourth-order valence-electron chi connectivity index (χ4n) is 2.08. The summed E-state index contributed by atoms with van der Waals surface area (Å²) in [6.45, 7) is -0.550. The molecule has 3 rings (SSSR count). The second-order valence-corrected chi connectivity index (χ2v) is 5.57. The quantitative estimate of drug-likeness (QED) is 0.694. The van der Waals surface area contributed by atoms with Gasteiger partial charge in [-0.3, -0.25) is 4.79 Å². The Morgan fingerprint density at radius 3 is 2.62 bits per heavy atom. The number of anilines is 1. The van der Waals surface area contributed by atoms with Crippen LogP contribution in [0.1, 0.15) is 10.4 Å². The maximum Gasteiger partial charge on any atom is 0.338 e. The number of esters is 1. The first-order chi connectivity index (χ1) is 12.5. The molecule has 1 heterocycles. The van der Waals surface area contributed by atoms with Gasteiger partial charge < -0.3 is 10.1 Å². The molecule has 2 aromatic carbocycles. The number of hydrogen-bond acceptors (Lipinski definition) is 5. The third-order valence-corrected chi connectivity index (χ3v) is 3.56. The zero-order valence-corrected chi connectivity index (χ0v) is 14.0. The molecule has 26 heavy (non-hydrogen) atoms. The Morgan fingerprint density at radius 2 is 1.96 bits per heavy atom. The normalized spacial score (nSPS) is 10.4. The highest BCUT2D eigenvalue weighted by atomic mass is 35.5. The van der Waals surface area contributed by atoms with E-state index in [1.165, 1.54) is 41.6 Å². The largest absolute Gasteiger partial charge is 0.452 e. The summed E-state index contributed by atoms with van der Waals surface area (Å²) in [6, 6.07) is 10.2. The van der Waals surface area contributed by atoms with Gasteiger partial charge in [-0.15, -0.1) is 0 Å². The Hall–Kier alpha value is -3.26. The number of nitrogens with zero attached hydrogens (tertiary/aromatic N) is 3. The molecule has 3 aromatic rings. The number of hydrogen-bond donors (Lipinski definition) is 1. The van der Waals surface area contributed by atoms with Crippen LogP contribution in [0.2, 0.25) is 5.02 Å². The van der Waals surface area contributed by atoms with Crippen LogP contribution in [0.15, 0.2) is 55.1 Å². The highest BCUT2D eigenvalue weighted by molar-refractivity contribution is 6.30. The van der Waals surface area contributed by atoms with Crippen molar-refractivity contribution in [3.05, 3.63) is 71.5 Å². The van der Waals surface area contributed by atoms with Crippen LogP contribution in [0.25, 0.3) is 5.69 Å². The summed E-state index contributed by atoms with van der Waals surface area (Å²) < 4.78 is 20.1. The van der Waals surface area contributed by atoms with E-state index >= 15 is 0 Å². The molecule has 0 saturated carbocycles. The van der Waals surface area contributed by atoms with Crippen LogP contribution in [0.4, 0.5) is 10.1 Å². The Morgan fingerprint density at radius 1 is 1.19 bits per heavy atom. The highest BCUT2D eigenvalue weighted by Gasteiger charge is 2.12. The molecule has 0 unspecified atom stereocenters. The van der Waals surface area contributed by atoms with Crippen LogP contribution in [0.3, 0.4) is 0 Å². The van der Waals surface area contributed by atoms with Gasteiger partial charge in [-0.1, -0.05) is 11.6 Å². The maximum atomic E-state index is 13.6. The summed E-state index contributed by atoms with van der Waals surface area (Å²) in [5.41, 5.74) is 0.932. The second kappa shape index (κ2) is 7.75. The summed E-state index contributed by atoms with van der Waals surface area (Å²) in [4.78, 5) is 27.6. The van der Waals surface area contributed by atoms with E-state index in [0.717, 1.165) is 11.8 Å². The van der Waals surface area contributed by atoms with E-state index in [4.69, 9.17) is 16.3 Å². The molecule has 0 aliphatic carbocycles. The molecule has 132 valence electrons. The number of aromatic nitrogens is 3. The third kappa shape index (κ3) is 4.22. The first-order valence-corrected chi connectivity index (χ1v) is 7.78. The minimum absolute atomic E-state index is 0.0485. The SMILES string of the molecule is O=C(COC(=O)c1ccc(-n2cncn2)cc1)Nc1ccc(Cl)cc1F. The van der Waals surface area contributed by atoms with Crippen molar-refractivity contribution >= 4 is 29.2 Å². The topological polar surface area (TPSA) is 86.1 Å². The first kappa shape index (κ1) is 17.6. The number of carbonyl (C=O) groups excluding carboxylic acids is 2. The number of amides is 1. The van der Waals surface area contributed by atoms with Crippen molar-refractivity contribution in [3.63, 3.8) is 0 Å². The van der Waals surface area contributed by atoms with Crippen LogP contribution in [-0.4, -0.2) is 33.2 Å². The molecule has 0 aliphatic rings. The lowest BCUT2D eigenvalue weighted by atomic mass is 10.2. The maximum absolute atomic E-state index is 13.6. The number of carbonyl (C=O) groups is 2. The Labute approximate surface area is 152 Å². The molecule has 1 aromatic heterocycles. The van der Waals surface area contributed by atoms with Gasteiger partial charge in [-0.25, -0.2) is 18.9 Å². The lowest BCUT2D eigenvalue weighted by Gasteiger charge is -2.08. The lowest BCUT2D eigenvalue weighted by Crippen LogP contribution is -2.21.